The highest BCUT2D eigenvalue weighted by Crippen LogP contribution is 2.27. The van der Waals surface area contributed by atoms with Gasteiger partial charge in [0.2, 0.25) is 0 Å². The van der Waals surface area contributed by atoms with Crippen molar-refractivity contribution in [2.45, 2.75) is 39.2 Å². The van der Waals surface area contributed by atoms with Crippen molar-refractivity contribution in [2.75, 3.05) is 13.2 Å². The maximum atomic E-state index is 5.92. The summed E-state index contributed by atoms with van der Waals surface area (Å²) in [6.07, 6.45) is 5.42. The van der Waals surface area contributed by atoms with Gasteiger partial charge in [0.25, 0.3) is 0 Å². The van der Waals surface area contributed by atoms with Crippen LogP contribution in [-0.2, 0) is 6.54 Å². The molecule has 1 aliphatic rings. The fraction of sp³-hybridized carbons (Fsp3) is 0.600. The van der Waals surface area contributed by atoms with Crippen molar-refractivity contribution >= 4 is 15.9 Å². The van der Waals surface area contributed by atoms with E-state index in [-0.39, 0.29) is 0 Å². The molecule has 0 spiro atoms. The molecule has 0 bridgehead atoms. The van der Waals surface area contributed by atoms with Crippen molar-refractivity contribution in [1.82, 2.24) is 5.32 Å². The Kier molecular flexibility index (Phi) is 5.51. The highest BCUT2D eigenvalue weighted by atomic mass is 79.9. The summed E-state index contributed by atoms with van der Waals surface area (Å²) in [4.78, 5) is 0. The third kappa shape index (κ3) is 3.99. The van der Waals surface area contributed by atoms with E-state index < -0.39 is 0 Å². The Labute approximate surface area is 118 Å². The molecule has 0 aromatic heterocycles. The molecule has 0 unspecified atom stereocenters. The molecule has 0 saturated heterocycles. The molecular weight excluding hydrogens is 290 g/mol. The largest absolute Gasteiger partial charge is 0.493 e. The Bertz CT molecular complexity index is 375. The highest BCUT2D eigenvalue weighted by Gasteiger charge is 2.15. The molecule has 3 heteroatoms. The minimum Gasteiger partial charge on any atom is -0.493 e. The van der Waals surface area contributed by atoms with E-state index in [1.807, 2.05) is 0 Å². The molecule has 0 heterocycles. The molecular formula is C15H22BrNO. The first-order valence-electron chi connectivity index (χ1n) is 6.91. The van der Waals surface area contributed by atoms with Gasteiger partial charge in [-0.05, 0) is 49.1 Å². The van der Waals surface area contributed by atoms with Crippen LogP contribution in [0.4, 0.5) is 0 Å². The zero-order chi connectivity index (χ0) is 12.8. The van der Waals surface area contributed by atoms with Crippen molar-refractivity contribution in [3.8, 4) is 5.75 Å². The molecule has 0 aliphatic heterocycles. The zero-order valence-electron chi connectivity index (χ0n) is 11.0. The van der Waals surface area contributed by atoms with Gasteiger partial charge in [0.1, 0.15) is 5.75 Å². The number of nitrogens with one attached hydrogen (secondary N) is 1. The predicted octanol–water partition coefficient (Wildman–Crippen LogP) is 4.13. The smallest absolute Gasteiger partial charge is 0.119 e. The van der Waals surface area contributed by atoms with Gasteiger partial charge in [-0.25, -0.2) is 0 Å². The van der Waals surface area contributed by atoms with Crippen molar-refractivity contribution in [1.29, 1.82) is 0 Å². The molecule has 1 aliphatic carbocycles. The first-order chi connectivity index (χ1) is 8.79. The van der Waals surface area contributed by atoms with Crippen molar-refractivity contribution in [2.24, 2.45) is 5.92 Å². The average molecular weight is 312 g/mol. The van der Waals surface area contributed by atoms with Crippen LogP contribution in [0, 0.1) is 5.92 Å². The maximum absolute atomic E-state index is 5.92. The predicted molar refractivity (Wildman–Crippen MR) is 79.0 cm³/mol. The summed E-state index contributed by atoms with van der Waals surface area (Å²) in [5.41, 5.74) is 1.26. The zero-order valence-corrected chi connectivity index (χ0v) is 12.6. The van der Waals surface area contributed by atoms with Crippen LogP contribution in [0.2, 0.25) is 0 Å². The van der Waals surface area contributed by atoms with E-state index in [4.69, 9.17) is 4.74 Å². The van der Waals surface area contributed by atoms with Crippen molar-refractivity contribution in [3.63, 3.8) is 0 Å². The first kappa shape index (κ1) is 13.9. The molecule has 1 aromatic rings. The summed E-state index contributed by atoms with van der Waals surface area (Å²) < 4.78 is 7.07. The molecule has 1 N–H and O–H groups in total. The second kappa shape index (κ2) is 7.15. The molecule has 1 saturated carbocycles. The van der Waals surface area contributed by atoms with Crippen LogP contribution in [0.5, 0.6) is 5.75 Å². The number of ether oxygens (including phenoxy) is 1. The van der Waals surface area contributed by atoms with Gasteiger partial charge in [-0.1, -0.05) is 35.7 Å². The Hall–Kier alpha value is -0.540. The van der Waals surface area contributed by atoms with Gasteiger partial charge in [0.15, 0.2) is 0 Å². The molecule has 2 nitrogen and oxygen atoms in total. The van der Waals surface area contributed by atoms with E-state index >= 15 is 0 Å². The van der Waals surface area contributed by atoms with Crippen LogP contribution < -0.4 is 10.1 Å². The van der Waals surface area contributed by atoms with Crippen LogP contribution in [0.3, 0.4) is 0 Å². The van der Waals surface area contributed by atoms with Gasteiger partial charge in [-0.2, -0.15) is 0 Å². The van der Waals surface area contributed by atoms with Crippen LogP contribution in [0.1, 0.15) is 38.2 Å². The van der Waals surface area contributed by atoms with E-state index in [0.717, 1.165) is 35.8 Å². The fourth-order valence-corrected chi connectivity index (χ4v) is 2.81. The SMILES string of the molecule is CCNCc1cc(OCC2CCCC2)ccc1Br. The second-order valence-corrected chi connectivity index (χ2v) is 5.85. The van der Waals surface area contributed by atoms with Gasteiger partial charge in [0.05, 0.1) is 6.61 Å². The molecule has 2 rings (SSSR count). The topological polar surface area (TPSA) is 21.3 Å². The Morgan fingerprint density at radius 3 is 2.83 bits per heavy atom. The van der Waals surface area contributed by atoms with Crippen molar-refractivity contribution in [3.05, 3.63) is 28.2 Å². The Morgan fingerprint density at radius 2 is 2.11 bits per heavy atom. The van der Waals surface area contributed by atoms with Gasteiger partial charge in [-0.3, -0.25) is 0 Å². The Balaban J connectivity index is 1.91. The summed E-state index contributed by atoms with van der Waals surface area (Å²) in [7, 11) is 0. The van der Waals surface area contributed by atoms with Crippen molar-refractivity contribution < 1.29 is 4.74 Å². The minimum absolute atomic E-state index is 0.769. The molecule has 0 radical (unpaired) electrons. The van der Waals surface area contributed by atoms with E-state index in [1.165, 1.54) is 31.2 Å². The molecule has 0 atom stereocenters. The third-order valence-electron chi connectivity index (χ3n) is 3.54. The van der Waals surface area contributed by atoms with Gasteiger partial charge in [0, 0.05) is 11.0 Å². The summed E-state index contributed by atoms with van der Waals surface area (Å²) in [6.45, 7) is 4.87. The minimum atomic E-state index is 0.769. The summed E-state index contributed by atoms with van der Waals surface area (Å²) in [5.74, 6) is 1.77. The third-order valence-corrected chi connectivity index (χ3v) is 4.32. The number of halogens is 1. The summed E-state index contributed by atoms with van der Waals surface area (Å²) >= 11 is 3.58. The maximum Gasteiger partial charge on any atom is 0.119 e. The van der Waals surface area contributed by atoms with E-state index in [9.17, 15) is 0 Å². The number of hydrogen-bond donors (Lipinski definition) is 1. The molecule has 0 amide bonds. The van der Waals surface area contributed by atoms with Gasteiger partial charge in [-0.15, -0.1) is 0 Å². The monoisotopic (exact) mass is 311 g/mol. The standard InChI is InChI=1S/C15H22BrNO/c1-2-17-10-13-9-14(7-8-15(13)16)18-11-12-5-3-4-6-12/h7-9,12,17H,2-6,10-11H2,1H3. The lowest BCUT2D eigenvalue weighted by atomic mass is 10.1. The van der Waals surface area contributed by atoms with Crippen LogP contribution in [0.15, 0.2) is 22.7 Å². The average Bonchev–Trinajstić information content (AvgIpc) is 2.89. The van der Waals surface area contributed by atoms with E-state index in [1.54, 1.807) is 0 Å². The van der Waals surface area contributed by atoms with Gasteiger partial charge < -0.3 is 10.1 Å². The molecule has 1 fully saturated rings. The molecule has 18 heavy (non-hydrogen) atoms. The molecule has 1 aromatic carbocycles. The lowest BCUT2D eigenvalue weighted by Crippen LogP contribution is -2.12. The number of benzene rings is 1. The first-order valence-corrected chi connectivity index (χ1v) is 7.71. The number of hydrogen-bond acceptors (Lipinski definition) is 2. The van der Waals surface area contributed by atoms with Crippen LogP contribution >= 0.6 is 15.9 Å². The quantitative estimate of drug-likeness (QED) is 0.853. The summed E-state index contributed by atoms with van der Waals surface area (Å²) in [5, 5.41) is 3.34. The van der Waals surface area contributed by atoms with E-state index in [2.05, 4.69) is 46.4 Å². The molecule has 100 valence electrons. The fourth-order valence-electron chi connectivity index (χ4n) is 2.43. The summed E-state index contributed by atoms with van der Waals surface area (Å²) in [6, 6.07) is 6.27. The lowest BCUT2D eigenvalue weighted by Gasteiger charge is -2.13. The van der Waals surface area contributed by atoms with Crippen LogP contribution in [-0.4, -0.2) is 13.2 Å². The normalized spacial score (nSPS) is 16.1. The highest BCUT2D eigenvalue weighted by molar-refractivity contribution is 9.10. The van der Waals surface area contributed by atoms with E-state index in [0.29, 0.717) is 0 Å². The van der Waals surface area contributed by atoms with Crippen LogP contribution in [0.25, 0.3) is 0 Å². The van der Waals surface area contributed by atoms with Gasteiger partial charge >= 0.3 is 0 Å². The lowest BCUT2D eigenvalue weighted by molar-refractivity contribution is 0.252. The second-order valence-electron chi connectivity index (χ2n) is 5.00. The Morgan fingerprint density at radius 1 is 1.33 bits per heavy atom. The number of rotatable bonds is 6.